The van der Waals surface area contributed by atoms with Gasteiger partial charge in [0, 0.05) is 11.8 Å². The fraction of sp³-hybridized carbons (Fsp3) is 0. The lowest BCUT2D eigenvalue weighted by atomic mass is 10.3. The Kier molecular flexibility index (Phi) is 3.61. The van der Waals surface area contributed by atoms with Crippen LogP contribution in [0.5, 0.6) is 0 Å². The summed E-state index contributed by atoms with van der Waals surface area (Å²) in [5.74, 6) is -1.11. The summed E-state index contributed by atoms with van der Waals surface area (Å²) in [7, 11) is 0. The van der Waals surface area contributed by atoms with Crippen molar-refractivity contribution < 1.29 is 14.1 Å². The van der Waals surface area contributed by atoms with Crippen molar-refractivity contribution in [1.82, 2.24) is 4.98 Å². The molecule has 1 aromatic carbocycles. The first-order chi connectivity index (χ1) is 8.97. The normalized spacial score (nSPS) is 10.2. The molecule has 0 aliphatic rings. The van der Waals surface area contributed by atoms with Crippen molar-refractivity contribution >= 4 is 33.2 Å². The molecule has 2 N–H and O–H groups in total. The van der Waals surface area contributed by atoms with Gasteiger partial charge in [-0.15, -0.1) is 0 Å². The fourth-order valence-electron chi connectivity index (χ4n) is 1.39. The molecule has 1 heterocycles. The van der Waals surface area contributed by atoms with Gasteiger partial charge >= 0.3 is 0 Å². The average molecular weight is 328 g/mol. The zero-order chi connectivity index (χ0) is 14.0. The maximum atomic E-state index is 13.2. The van der Waals surface area contributed by atoms with Crippen molar-refractivity contribution in [2.75, 3.05) is 5.32 Å². The van der Waals surface area contributed by atoms with Gasteiger partial charge in [0.15, 0.2) is 0 Å². The molecular weight excluding hydrogens is 321 g/mol. The van der Waals surface area contributed by atoms with E-state index in [1.807, 2.05) is 0 Å². The molecule has 0 fully saturated rings. The van der Waals surface area contributed by atoms with E-state index in [1.165, 1.54) is 12.1 Å². The lowest BCUT2D eigenvalue weighted by Gasteiger charge is -2.04. The van der Waals surface area contributed by atoms with Gasteiger partial charge in [0.1, 0.15) is 11.5 Å². The average Bonchev–Trinajstić information content (AvgIpc) is 2.83. The van der Waals surface area contributed by atoms with Gasteiger partial charge in [0.05, 0.1) is 15.6 Å². The Morgan fingerprint density at radius 1 is 1.42 bits per heavy atom. The Balaban J connectivity index is 2.15. The number of amides is 1. The van der Waals surface area contributed by atoms with Crippen LogP contribution in [0, 0.1) is 15.9 Å². The van der Waals surface area contributed by atoms with Crippen LogP contribution in [0.1, 0.15) is 10.5 Å². The van der Waals surface area contributed by atoms with E-state index in [0.717, 1.165) is 18.3 Å². The third kappa shape index (κ3) is 2.97. The molecule has 0 bridgehead atoms. The lowest BCUT2D eigenvalue weighted by Crippen LogP contribution is -2.12. The summed E-state index contributed by atoms with van der Waals surface area (Å²) in [4.78, 5) is 24.1. The second-order valence-corrected chi connectivity index (χ2v) is 4.47. The highest BCUT2D eigenvalue weighted by Crippen LogP contribution is 2.20. The van der Waals surface area contributed by atoms with Crippen LogP contribution in [0.15, 0.2) is 34.9 Å². The number of aromatic nitrogens is 1. The SMILES string of the molecule is O=C(Nc1ccc(Br)c(F)c1)c1cc([N+](=O)[O-])c[nH]1. The van der Waals surface area contributed by atoms with Crippen LogP contribution < -0.4 is 5.32 Å². The third-order valence-electron chi connectivity index (χ3n) is 2.30. The summed E-state index contributed by atoms with van der Waals surface area (Å²) in [6.07, 6.45) is 1.11. The monoisotopic (exact) mass is 327 g/mol. The largest absolute Gasteiger partial charge is 0.351 e. The predicted molar refractivity (Wildman–Crippen MR) is 69.5 cm³/mol. The highest BCUT2D eigenvalue weighted by Gasteiger charge is 2.14. The number of benzene rings is 1. The van der Waals surface area contributed by atoms with E-state index in [9.17, 15) is 19.3 Å². The second-order valence-electron chi connectivity index (χ2n) is 3.61. The number of hydrogen-bond donors (Lipinski definition) is 2. The van der Waals surface area contributed by atoms with Gasteiger partial charge in [-0.3, -0.25) is 14.9 Å². The minimum Gasteiger partial charge on any atom is -0.351 e. The van der Waals surface area contributed by atoms with Crippen LogP contribution in [0.2, 0.25) is 0 Å². The molecule has 1 aromatic heterocycles. The second kappa shape index (κ2) is 5.19. The van der Waals surface area contributed by atoms with E-state index >= 15 is 0 Å². The highest BCUT2D eigenvalue weighted by molar-refractivity contribution is 9.10. The van der Waals surface area contributed by atoms with Gasteiger partial charge in [0.2, 0.25) is 0 Å². The van der Waals surface area contributed by atoms with Crippen molar-refractivity contribution in [1.29, 1.82) is 0 Å². The number of halogens is 2. The van der Waals surface area contributed by atoms with Gasteiger partial charge in [-0.05, 0) is 34.1 Å². The first kappa shape index (κ1) is 13.2. The van der Waals surface area contributed by atoms with Crippen molar-refractivity contribution in [3.8, 4) is 0 Å². The van der Waals surface area contributed by atoms with Gasteiger partial charge < -0.3 is 10.3 Å². The molecule has 0 radical (unpaired) electrons. The number of nitro groups is 1. The Morgan fingerprint density at radius 3 is 2.74 bits per heavy atom. The van der Waals surface area contributed by atoms with E-state index in [0.29, 0.717) is 0 Å². The van der Waals surface area contributed by atoms with E-state index in [2.05, 4.69) is 26.2 Å². The molecule has 19 heavy (non-hydrogen) atoms. The molecule has 0 aliphatic carbocycles. The standard InChI is InChI=1S/C11H7BrFN3O3/c12-8-2-1-6(3-9(8)13)15-11(17)10-4-7(5-14-10)16(18)19/h1-5,14H,(H,15,17). The predicted octanol–water partition coefficient (Wildman–Crippen LogP) is 3.08. The maximum absolute atomic E-state index is 13.2. The zero-order valence-corrected chi connectivity index (χ0v) is 10.9. The summed E-state index contributed by atoms with van der Waals surface area (Å²) in [6, 6.07) is 5.19. The molecule has 2 aromatic rings. The van der Waals surface area contributed by atoms with Gasteiger partial charge in [0.25, 0.3) is 11.6 Å². The Bertz CT molecular complexity index is 656. The fourth-order valence-corrected chi connectivity index (χ4v) is 1.64. The number of rotatable bonds is 3. The number of aromatic amines is 1. The molecule has 0 spiro atoms. The molecule has 0 saturated carbocycles. The first-order valence-electron chi connectivity index (χ1n) is 5.06. The molecule has 98 valence electrons. The van der Waals surface area contributed by atoms with Crippen LogP contribution in [-0.4, -0.2) is 15.8 Å². The molecule has 0 aliphatic heterocycles. The smallest absolute Gasteiger partial charge is 0.287 e. The van der Waals surface area contributed by atoms with Crippen molar-refractivity contribution in [2.45, 2.75) is 0 Å². The molecule has 0 unspecified atom stereocenters. The molecule has 0 saturated heterocycles. The van der Waals surface area contributed by atoms with Gasteiger partial charge in [-0.1, -0.05) is 0 Å². The molecule has 1 amide bonds. The zero-order valence-electron chi connectivity index (χ0n) is 9.31. The Labute approximate surface area is 114 Å². The van der Waals surface area contributed by atoms with E-state index in [-0.39, 0.29) is 21.5 Å². The minimum absolute atomic E-state index is 0.0232. The number of hydrogen-bond acceptors (Lipinski definition) is 3. The van der Waals surface area contributed by atoms with E-state index in [1.54, 1.807) is 0 Å². The van der Waals surface area contributed by atoms with Crippen LogP contribution in [0.3, 0.4) is 0 Å². The van der Waals surface area contributed by atoms with Crippen LogP contribution in [-0.2, 0) is 0 Å². The number of nitrogens with zero attached hydrogens (tertiary/aromatic N) is 1. The summed E-state index contributed by atoms with van der Waals surface area (Å²) in [5.41, 5.74) is 0.0603. The third-order valence-corrected chi connectivity index (χ3v) is 2.94. The minimum atomic E-state index is -0.618. The summed E-state index contributed by atoms with van der Waals surface area (Å²) >= 11 is 2.99. The molecule has 8 heteroatoms. The molecular formula is C11H7BrFN3O3. The summed E-state index contributed by atoms with van der Waals surface area (Å²) < 4.78 is 13.5. The van der Waals surface area contributed by atoms with Crippen LogP contribution >= 0.6 is 15.9 Å². The van der Waals surface area contributed by atoms with Crippen molar-refractivity contribution in [3.63, 3.8) is 0 Å². The number of H-pyrrole nitrogens is 1. The van der Waals surface area contributed by atoms with Crippen LogP contribution in [0.25, 0.3) is 0 Å². The molecule has 6 nitrogen and oxygen atoms in total. The Morgan fingerprint density at radius 2 is 2.16 bits per heavy atom. The number of nitrogens with one attached hydrogen (secondary N) is 2. The van der Waals surface area contributed by atoms with Gasteiger partial charge in [-0.25, -0.2) is 4.39 Å². The lowest BCUT2D eigenvalue weighted by molar-refractivity contribution is -0.384. The quantitative estimate of drug-likeness (QED) is 0.670. The first-order valence-corrected chi connectivity index (χ1v) is 5.86. The number of anilines is 1. The molecule has 2 rings (SSSR count). The number of carbonyl (C=O) groups excluding carboxylic acids is 1. The van der Waals surface area contributed by atoms with Crippen LogP contribution in [0.4, 0.5) is 15.8 Å². The van der Waals surface area contributed by atoms with Gasteiger partial charge in [-0.2, -0.15) is 0 Å². The topological polar surface area (TPSA) is 88.0 Å². The van der Waals surface area contributed by atoms with E-state index in [4.69, 9.17) is 0 Å². The molecule has 0 atom stereocenters. The number of carbonyl (C=O) groups is 1. The Hall–Kier alpha value is -2.22. The van der Waals surface area contributed by atoms with Crippen molar-refractivity contribution in [2.24, 2.45) is 0 Å². The summed E-state index contributed by atoms with van der Waals surface area (Å²) in [5, 5.41) is 12.9. The maximum Gasteiger partial charge on any atom is 0.287 e. The highest BCUT2D eigenvalue weighted by atomic mass is 79.9. The van der Waals surface area contributed by atoms with Crippen molar-refractivity contribution in [3.05, 3.63) is 56.6 Å². The van der Waals surface area contributed by atoms with E-state index < -0.39 is 16.6 Å². The summed E-state index contributed by atoms with van der Waals surface area (Å²) in [6.45, 7) is 0.